The molecule has 0 radical (unpaired) electrons. The molecule has 0 aliphatic heterocycles. The lowest BCUT2D eigenvalue weighted by Gasteiger charge is -2.18. The largest absolute Gasteiger partial charge is 0.492 e. The summed E-state index contributed by atoms with van der Waals surface area (Å²) in [5.74, 6) is 0.849. The maximum atomic E-state index is 6.26. The third kappa shape index (κ3) is 3.99. The fourth-order valence-corrected chi connectivity index (χ4v) is 2.37. The third-order valence-corrected chi connectivity index (χ3v) is 3.59. The van der Waals surface area contributed by atoms with Crippen LogP contribution >= 0.6 is 0 Å². The highest BCUT2D eigenvalue weighted by molar-refractivity contribution is 5.49. The quantitative estimate of drug-likeness (QED) is 0.914. The van der Waals surface area contributed by atoms with E-state index >= 15 is 0 Å². The molecule has 2 rings (SSSR count). The second-order valence-electron chi connectivity index (χ2n) is 5.67. The molecule has 2 aromatic rings. The van der Waals surface area contributed by atoms with Gasteiger partial charge in [-0.2, -0.15) is 0 Å². The summed E-state index contributed by atoms with van der Waals surface area (Å²) in [6.07, 6.45) is 0. The molecule has 0 fully saturated rings. The summed E-state index contributed by atoms with van der Waals surface area (Å²) in [6.45, 7) is 4.65. The predicted octanol–water partition coefficient (Wildman–Crippen LogP) is 3.45. The number of rotatable bonds is 5. The van der Waals surface area contributed by atoms with E-state index in [1.54, 1.807) is 0 Å². The molecule has 0 aromatic heterocycles. The molecule has 0 saturated carbocycles. The van der Waals surface area contributed by atoms with Crippen molar-refractivity contribution in [3.05, 3.63) is 59.2 Å². The number of ether oxygens (including phenoxy) is 1. The standard InChI is InChI=1S/C18H24N2O/c1-13-8-9-17(14(2)10-13)18(19)12-21-16-7-5-6-15(11-16)20(3)4/h5-11,18H,12,19H2,1-4H3. The van der Waals surface area contributed by atoms with Crippen LogP contribution in [-0.4, -0.2) is 20.7 Å². The van der Waals surface area contributed by atoms with Gasteiger partial charge in [0.2, 0.25) is 0 Å². The van der Waals surface area contributed by atoms with Crippen LogP contribution in [0.5, 0.6) is 5.75 Å². The van der Waals surface area contributed by atoms with Gasteiger partial charge in [0.25, 0.3) is 0 Å². The molecule has 3 nitrogen and oxygen atoms in total. The molecular weight excluding hydrogens is 260 g/mol. The minimum Gasteiger partial charge on any atom is -0.492 e. The van der Waals surface area contributed by atoms with Gasteiger partial charge in [-0.3, -0.25) is 0 Å². The van der Waals surface area contributed by atoms with Gasteiger partial charge in [-0.1, -0.05) is 29.8 Å². The first-order valence-corrected chi connectivity index (χ1v) is 7.20. The Morgan fingerprint density at radius 3 is 2.52 bits per heavy atom. The Kier molecular flexibility index (Phi) is 4.86. The SMILES string of the molecule is Cc1ccc(C(N)COc2cccc(N(C)C)c2)c(C)c1. The van der Waals surface area contributed by atoms with Crippen LogP contribution in [0.2, 0.25) is 0 Å². The molecule has 0 bridgehead atoms. The van der Waals surface area contributed by atoms with E-state index in [0.29, 0.717) is 6.61 Å². The second kappa shape index (κ2) is 6.64. The molecule has 1 unspecified atom stereocenters. The number of benzene rings is 2. The Hall–Kier alpha value is -2.00. The van der Waals surface area contributed by atoms with Gasteiger partial charge >= 0.3 is 0 Å². The molecule has 0 amide bonds. The van der Waals surface area contributed by atoms with Crippen LogP contribution < -0.4 is 15.4 Å². The van der Waals surface area contributed by atoms with Crippen molar-refractivity contribution in [2.75, 3.05) is 25.6 Å². The van der Waals surface area contributed by atoms with Crippen LogP contribution in [0.25, 0.3) is 0 Å². The summed E-state index contributed by atoms with van der Waals surface area (Å²) in [7, 11) is 4.03. The number of anilines is 1. The fourth-order valence-electron chi connectivity index (χ4n) is 2.37. The van der Waals surface area contributed by atoms with Gasteiger partial charge in [-0.05, 0) is 37.1 Å². The van der Waals surface area contributed by atoms with Crippen molar-refractivity contribution in [3.63, 3.8) is 0 Å². The normalized spacial score (nSPS) is 12.0. The van der Waals surface area contributed by atoms with E-state index in [2.05, 4.69) is 43.0 Å². The summed E-state index contributed by atoms with van der Waals surface area (Å²) in [6, 6.07) is 14.3. The zero-order valence-corrected chi connectivity index (χ0v) is 13.3. The van der Waals surface area contributed by atoms with Crippen LogP contribution in [0.1, 0.15) is 22.7 Å². The summed E-state index contributed by atoms with van der Waals surface area (Å²) in [5.41, 5.74) is 11.0. The van der Waals surface area contributed by atoms with E-state index in [1.165, 1.54) is 11.1 Å². The highest BCUT2D eigenvalue weighted by Gasteiger charge is 2.10. The highest BCUT2D eigenvalue weighted by Crippen LogP contribution is 2.22. The van der Waals surface area contributed by atoms with Crippen molar-refractivity contribution >= 4 is 5.69 Å². The van der Waals surface area contributed by atoms with Crippen molar-refractivity contribution in [2.24, 2.45) is 5.73 Å². The number of hydrogen-bond acceptors (Lipinski definition) is 3. The lowest BCUT2D eigenvalue weighted by molar-refractivity contribution is 0.290. The number of nitrogens with two attached hydrogens (primary N) is 1. The molecule has 112 valence electrons. The van der Waals surface area contributed by atoms with Crippen LogP contribution in [0, 0.1) is 13.8 Å². The van der Waals surface area contributed by atoms with Crippen LogP contribution in [-0.2, 0) is 0 Å². The molecule has 3 heteroatoms. The second-order valence-corrected chi connectivity index (χ2v) is 5.67. The van der Waals surface area contributed by atoms with E-state index in [0.717, 1.165) is 17.0 Å². The summed E-state index contributed by atoms with van der Waals surface area (Å²) < 4.78 is 5.85. The lowest BCUT2D eigenvalue weighted by Crippen LogP contribution is -2.20. The zero-order valence-electron chi connectivity index (χ0n) is 13.3. The fraction of sp³-hybridized carbons (Fsp3) is 0.333. The van der Waals surface area contributed by atoms with Gasteiger partial charge < -0.3 is 15.4 Å². The molecular formula is C18H24N2O. The van der Waals surface area contributed by atoms with Gasteiger partial charge in [-0.25, -0.2) is 0 Å². The average molecular weight is 284 g/mol. The van der Waals surface area contributed by atoms with E-state index in [9.17, 15) is 0 Å². The molecule has 1 atom stereocenters. The number of aryl methyl sites for hydroxylation is 2. The first-order chi connectivity index (χ1) is 9.97. The lowest BCUT2D eigenvalue weighted by atomic mass is 10.0. The monoisotopic (exact) mass is 284 g/mol. The zero-order chi connectivity index (χ0) is 15.4. The topological polar surface area (TPSA) is 38.5 Å². The maximum Gasteiger partial charge on any atom is 0.121 e. The van der Waals surface area contributed by atoms with Crippen LogP contribution in [0.4, 0.5) is 5.69 Å². The first-order valence-electron chi connectivity index (χ1n) is 7.20. The first kappa shape index (κ1) is 15.4. The van der Waals surface area contributed by atoms with Gasteiger partial charge in [0.1, 0.15) is 12.4 Å². The molecule has 0 saturated heterocycles. The van der Waals surface area contributed by atoms with Crippen molar-refractivity contribution in [1.29, 1.82) is 0 Å². The average Bonchev–Trinajstić information content (AvgIpc) is 2.45. The van der Waals surface area contributed by atoms with Gasteiger partial charge in [0.05, 0.1) is 6.04 Å². The minimum absolute atomic E-state index is 0.117. The smallest absolute Gasteiger partial charge is 0.121 e. The van der Waals surface area contributed by atoms with Gasteiger partial charge in [0, 0.05) is 25.8 Å². The van der Waals surface area contributed by atoms with E-state index < -0.39 is 0 Å². The van der Waals surface area contributed by atoms with Crippen molar-refractivity contribution in [3.8, 4) is 5.75 Å². The van der Waals surface area contributed by atoms with Crippen molar-refractivity contribution in [1.82, 2.24) is 0 Å². The van der Waals surface area contributed by atoms with Gasteiger partial charge in [-0.15, -0.1) is 0 Å². The minimum atomic E-state index is -0.117. The highest BCUT2D eigenvalue weighted by atomic mass is 16.5. The van der Waals surface area contributed by atoms with E-state index in [1.807, 2.05) is 32.3 Å². The van der Waals surface area contributed by atoms with Gasteiger partial charge in [0.15, 0.2) is 0 Å². The van der Waals surface area contributed by atoms with Crippen LogP contribution in [0.3, 0.4) is 0 Å². The summed E-state index contributed by atoms with van der Waals surface area (Å²) in [5, 5.41) is 0. The molecule has 0 aliphatic rings. The Bertz CT molecular complexity index is 608. The Morgan fingerprint density at radius 1 is 1.10 bits per heavy atom. The molecule has 0 spiro atoms. The van der Waals surface area contributed by atoms with Crippen molar-refractivity contribution < 1.29 is 4.74 Å². The molecule has 2 aromatic carbocycles. The third-order valence-electron chi connectivity index (χ3n) is 3.59. The number of hydrogen-bond donors (Lipinski definition) is 1. The Labute approximate surface area is 127 Å². The van der Waals surface area contributed by atoms with Crippen molar-refractivity contribution in [2.45, 2.75) is 19.9 Å². The summed E-state index contributed by atoms with van der Waals surface area (Å²) >= 11 is 0. The molecule has 21 heavy (non-hydrogen) atoms. The summed E-state index contributed by atoms with van der Waals surface area (Å²) in [4.78, 5) is 2.05. The molecule has 2 N–H and O–H groups in total. The predicted molar refractivity (Wildman–Crippen MR) is 89.1 cm³/mol. The Balaban J connectivity index is 2.03. The molecule has 0 heterocycles. The van der Waals surface area contributed by atoms with Crippen LogP contribution in [0.15, 0.2) is 42.5 Å². The number of nitrogens with zero attached hydrogens (tertiary/aromatic N) is 1. The Morgan fingerprint density at radius 2 is 1.86 bits per heavy atom. The van der Waals surface area contributed by atoms with E-state index in [4.69, 9.17) is 10.5 Å². The molecule has 0 aliphatic carbocycles. The van der Waals surface area contributed by atoms with E-state index in [-0.39, 0.29) is 6.04 Å². The maximum absolute atomic E-state index is 6.26.